The molecule has 34 heavy (non-hydrogen) atoms. The molecule has 170 valence electrons. The molecule has 2 amide bonds. The van der Waals surface area contributed by atoms with Crippen LogP contribution in [0.4, 0.5) is 5.69 Å². The lowest BCUT2D eigenvalue weighted by atomic mass is 10.1. The molecule has 0 unspecified atom stereocenters. The Morgan fingerprint density at radius 2 is 1.56 bits per heavy atom. The molecule has 0 aliphatic carbocycles. The number of rotatable bonds is 6. The van der Waals surface area contributed by atoms with E-state index in [1.165, 1.54) is 18.1 Å². The van der Waals surface area contributed by atoms with E-state index in [4.69, 9.17) is 0 Å². The molecule has 0 radical (unpaired) electrons. The summed E-state index contributed by atoms with van der Waals surface area (Å²) in [6.07, 6.45) is 1.65. The van der Waals surface area contributed by atoms with Crippen LogP contribution in [0.2, 0.25) is 0 Å². The lowest BCUT2D eigenvalue weighted by Crippen LogP contribution is -2.18. The Morgan fingerprint density at radius 1 is 0.853 bits per heavy atom. The van der Waals surface area contributed by atoms with Crippen LogP contribution < -0.4 is 10.7 Å². The zero-order chi connectivity index (χ0) is 24.1. The van der Waals surface area contributed by atoms with Crippen LogP contribution in [-0.4, -0.2) is 22.6 Å². The van der Waals surface area contributed by atoms with Gasteiger partial charge >= 0.3 is 0 Å². The average Bonchev–Trinajstić information content (AvgIpc) is 3.12. The maximum absolute atomic E-state index is 12.5. The summed E-state index contributed by atoms with van der Waals surface area (Å²) in [5, 5.41) is 6.81. The first kappa shape index (κ1) is 22.7. The van der Waals surface area contributed by atoms with E-state index < -0.39 is 0 Å². The number of aryl methyl sites for hydroxylation is 1. The normalized spacial score (nSPS) is 10.9. The maximum atomic E-state index is 12.5. The van der Waals surface area contributed by atoms with Crippen molar-refractivity contribution < 1.29 is 9.59 Å². The Kier molecular flexibility index (Phi) is 6.69. The summed E-state index contributed by atoms with van der Waals surface area (Å²) >= 11 is 0. The fourth-order valence-corrected chi connectivity index (χ4v) is 3.92. The van der Waals surface area contributed by atoms with Crippen molar-refractivity contribution in [2.24, 2.45) is 5.10 Å². The fourth-order valence-electron chi connectivity index (χ4n) is 3.92. The second-order valence-electron chi connectivity index (χ2n) is 8.04. The number of benzene rings is 3. The van der Waals surface area contributed by atoms with Crippen molar-refractivity contribution in [2.45, 2.75) is 20.8 Å². The summed E-state index contributed by atoms with van der Waals surface area (Å²) in [6, 6.07) is 27.5. The summed E-state index contributed by atoms with van der Waals surface area (Å²) < 4.78 is 2.16. The third-order valence-corrected chi connectivity index (χ3v) is 5.52. The lowest BCUT2D eigenvalue weighted by molar-refractivity contribution is -0.114. The highest BCUT2D eigenvalue weighted by Gasteiger charge is 2.10. The van der Waals surface area contributed by atoms with Crippen LogP contribution in [0.1, 0.15) is 34.2 Å². The predicted octanol–water partition coefficient (Wildman–Crippen LogP) is 5.48. The highest BCUT2D eigenvalue weighted by Crippen LogP contribution is 2.24. The van der Waals surface area contributed by atoms with Crippen molar-refractivity contribution in [2.75, 3.05) is 5.32 Å². The summed E-state index contributed by atoms with van der Waals surface area (Å²) in [4.78, 5) is 23.7. The van der Waals surface area contributed by atoms with Gasteiger partial charge < -0.3 is 9.88 Å². The fraction of sp³-hybridized carbons (Fsp3) is 0.107. The first-order valence-corrected chi connectivity index (χ1v) is 11.0. The van der Waals surface area contributed by atoms with E-state index in [1.807, 2.05) is 38.1 Å². The molecule has 3 aromatic carbocycles. The van der Waals surface area contributed by atoms with Gasteiger partial charge in [0.15, 0.2) is 0 Å². The number of amides is 2. The van der Waals surface area contributed by atoms with Gasteiger partial charge in [-0.1, -0.05) is 48.5 Å². The van der Waals surface area contributed by atoms with E-state index in [0.29, 0.717) is 11.3 Å². The van der Waals surface area contributed by atoms with E-state index >= 15 is 0 Å². The number of hydrogen-bond donors (Lipinski definition) is 2. The van der Waals surface area contributed by atoms with Gasteiger partial charge in [0, 0.05) is 40.8 Å². The molecule has 0 fully saturated rings. The molecule has 0 aliphatic heterocycles. The van der Waals surface area contributed by atoms with Crippen LogP contribution in [0.5, 0.6) is 0 Å². The van der Waals surface area contributed by atoms with Gasteiger partial charge in [0.1, 0.15) is 0 Å². The molecule has 0 bridgehead atoms. The topological polar surface area (TPSA) is 75.5 Å². The van der Waals surface area contributed by atoms with Gasteiger partial charge in [-0.2, -0.15) is 5.10 Å². The Morgan fingerprint density at radius 3 is 2.26 bits per heavy atom. The Bertz CT molecular complexity index is 1350. The first-order valence-electron chi connectivity index (χ1n) is 11.0. The van der Waals surface area contributed by atoms with Crippen LogP contribution in [0.15, 0.2) is 90.0 Å². The van der Waals surface area contributed by atoms with Crippen molar-refractivity contribution in [1.29, 1.82) is 0 Å². The monoisotopic (exact) mass is 450 g/mol. The molecular weight excluding hydrogens is 424 g/mol. The standard InChI is InChI=1S/C28H26N4O2/c1-19-16-25(18-29-31-28(34)24-10-7-11-26(17-24)30-21(3)33)20(2)32(19)27-14-12-23(13-15-27)22-8-5-4-6-9-22/h4-18H,1-3H3,(H,30,33)(H,31,34). The molecule has 4 aromatic rings. The molecule has 1 heterocycles. The number of nitrogens with zero attached hydrogens (tertiary/aromatic N) is 2. The maximum Gasteiger partial charge on any atom is 0.271 e. The summed E-state index contributed by atoms with van der Waals surface area (Å²) in [7, 11) is 0. The van der Waals surface area contributed by atoms with E-state index in [9.17, 15) is 9.59 Å². The van der Waals surface area contributed by atoms with E-state index in [1.54, 1.807) is 30.5 Å². The first-order chi connectivity index (χ1) is 16.4. The minimum atomic E-state index is -0.353. The highest BCUT2D eigenvalue weighted by molar-refractivity contribution is 5.97. The van der Waals surface area contributed by atoms with Gasteiger partial charge in [0.05, 0.1) is 6.21 Å². The largest absolute Gasteiger partial charge is 0.326 e. The minimum absolute atomic E-state index is 0.194. The highest BCUT2D eigenvalue weighted by atomic mass is 16.2. The number of hydrogen-bond acceptors (Lipinski definition) is 3. The van der Waals surface area contributed by atoms with E-state index in [0.717, 1.165) is 22.6 Å². The quantitative estimate of drug-likeness (QED) is 0.301. The van der Waals surface area contributed by atoms with Crippen molar-refractivity contribution >= 4 is 23.7 Å². The van der Waals surface area contributed by atoms with E-state index in [-0.39, 0.29) is 11.8 Å². The lowest BCUT2D eigenvalue weighted by Gasteiger charge is -2.11. The van der Waals surface area contributed by atoms with Crippen molar-refractivity contribution in [3.63, 3.8) is 0 Å². The molecule has 2 N–H and O–H groups in total. The number of carbonyl (C=O) groups excluding carboxylic acids is 2. The van der Waals surface area contributed by atoms with Crippen molar-refractivity contribution in [3.8, 4) is 16.8 Å². The van der Waals surface area contributed by atoms with Crippen LogP contribution in [0, 0.1) is 13.8 Å². The van der Waals surface area contributed by atoms with Gasteiger partial charge in [-0.25, -0.2) is 5.43 Å². The molecule has 0 saturated heterocycles. The molecule has 6 heteroatoms. The molecule has 0 atom stereocenters. The van der Waals surface area contributed by atoms with Gasteiger partial charge in [-0.05, 0) is 61.4 Å². The predicted molar refractivity (Wildman–Crippen MR) is 136 cm³/mol. The number of hydrazone groups is 1. The Hall–Kier alpha value is -4.45. The van der Waals surface area contributed by atoms with Crippen LogP contribution in [0.3, 0.4) is 0 Å². The number of carbonyl (C=O) groups is 2. The average molecular weight is 451 g/mol. The van der Waals surface area contributed by atoms with E-state index in [2.05, 4.69) is 56.8 Å². The molecule has 4 rings (SSSR count). The third-order valence-electron chi connectivity index (χ3n) is 5.52. The SMILES string of the molecule is CC(=O)Nc1cccc(C(=O)NN=Cc2cc(C)n(-c3ccc(-c4ccccc4)cc3)c2C)c1. The summed E-state index contributed by atoms with van der Waals surface area (Å²) in [6.45, 7) is 5.49. The molecule has 1 aromatic heterocycles. The molecule has 0 saturated carbocycles. The smallest absolute Gasteiger partial charge is 0.271 e. The second-order valence-corrected chi connectivity index (χ2v) is 8.04. The van der Waals surface area contributed by atoms with Gasteiger partial charge in [0.2, 0.25) is 5.91 Å². The molecular formula is C28H26N4O2. The zero-order valence-corrected chi connectivity index (χ0v) is 19.4. The van der Waals surface area contributed by atoms with Crippen LogP contribution >= 0.6 is 0 Å². The molecule has 6 nitrogen and oxygen atoms in total. The van der Waals surface area contributed by atoms with Crippen LogP contribution in [0.25, 0.3) is 16.8 Å². The summed E-state index contributed by atoms with van der Waals surface area (Å²) in [5.41, 5.74) is 9.95. The number of anilines is 1. The van der Waals surface area contributed by atoms with Crippen molar-refractivity contribution in [3.05, 3.63) is 107 Å². The zero-order valence-electron chi connectivity index (χ0n) is 19.4. The molecule has 0 aliphatic rings. The summed E-state index contributed by atoms with van der Waals surface area (Å²) in [5.74, 6) is -0.547. The Labute approximate surface area is 198 Å². The van der Waals surface area contributed by atoms with Gasteiger partial charge in [0.25, 0.3) is 5.91 Å². The van der Waals surface area contributed by atoms with Crippen molar-refractivity contribution in [1.82, 2.24) is 9.99 Å². The van der Waals surface area contributed by atoms with Crippen LogP contribution in [-0.2, 0) is 4.79 Å². The number of nitrogens with one attached hydrogen (secondary N) is 2. The van der Waals surface area contributed by atoms with Gasteiger partial charge in [-0.3, -0.25) is 9.59 Å². The third kappa shape index (κ3) is 5.13. The Balaban J connectivity index is 1.48. The second kappa shape index (κ2) is 10.0. The molecule has 0 spiro atoms. The number of aromatic nitrogens is 1. The minimum Gasteiger partial charge on any atom is -0.326 e. The van der Waals surface area contributed by atoms with Gasteiger partial charge in [-0.15, -0.1) is 0 Å².